The fraction of sp³-hybridized carbons (Fsp3) is 0.500. The van der Waals surface area contributed by atoms with Crippen LogP contribution < -0.4 is 0 Å². The molecule has 0 rings (SSSR count). The van der Waals surface area contributed by atoms with Crippen molar-refractivity contribution in [3.63, 3.8) is 0 Å². The summed E-state index contributed by atoms with van der Waals surface area (Å²) in [6.07, 6.45) is 3.58. The van der Waals surface area contributed by atoms with E-state index in [0.717, 1.165) is 11.9 Å². The van der Waals surface area contributed by atoms with Crippen LogP contribution in [0, 0.1) is 5.92 Å². The van der Waals surface area contributed by atoms with Crippen LogP contribution in [-0.2, 0) is 4.79 Å². The van der Waals surface area contributed by atoms with Gasteiger partial charge in [-0.1, -0.05) is 23.8 Å². The Balaban J connectivity index is 4.22. The maximum absolute atomic E-state index is 10.2. The second kappa shape index (κ2) is 4.89. The van der Waals surface area contributed by atoms with E-state index < -0.39 is 0 Å². The zero-order chi connectivity index (χ0) is 8.85. The number of hydrogen-bond acceptors (Lipinski definition) is 1. The van der Waals surface area contributed by atoms with Crippen molar-refractivity contribution in [2.24, 2.45) is 5.92 Å². The minimum Gasteiger partial charge on any atom is -0.303 e. The summed E-state index contributed by atoms with van der Waals surface area (Å²) in [6, 6.07) is 0. The average molecular weight is 152 g/mol. The molecule has 11 heavy (non-hydrogen) atoms. The van der Waals surface area contributed by atoms with Gasteiger partial charge in [-0.25, -0.2) is 0 Å². The maximum atomic E-state index is 10.2. The van der Waals surface area contributed by atoms with Crippen molar-refractivity contribution in [2.45, 2.75) is 27.2 Å². The van der Waals surface area contributed by atoms with Gasteiger partial charge in [-0.05, 0) is 20.8 Å². The number of carbonyl (C=O) groups excluding carboxylic acids is 1. The summed E-state index contributed by atoms with van der Waals surface area (Å²) in [5, 5.41) is 0. The molecule has 0 heterocycles. The van der Waals surface area contributed by atoms with Gasteiger partial charge in [-0.15, -0.1) is 0 Å². The van der Waals surface area contributed by atoms with Crippen molar-refractivity contribution in [3.8, 4) is 0 Å². The highest BCUT2D eigenvalue weighted by Gasteiger charge is 2.03. The zero-order valence-electron chi connectivity index (χ0n) is 7.55. The molecule has 0 saturated carbocycles. The molecule has 0 saturated heterocycles. The molecule has 1 heteroatoms. The molecule has 0 amide bonds. The van der Waals surface area contributed by atoms with Gasteiger partial charge in [0.25, 0.3) is 0 Å². The van der Waals surface area contributed by atoms with E-state index in [2.05, 4.69) is 12.7 Å². The molecule has 0 spiro atoms. The Hall–Kier alpha value is -0.850. The highest BCUT2D eigenvalue weighted by atomic mass is 16.1. The van der Waals surface area contributed by atoms with Crippen LogP contribution in [0.2, 0.25) is 0 Å². The highest BCUT2D eigenvalue weighted by molar-refractivity contribution is 5.51. The molecule has 1 atom stereocenters. The molecular weight excluding hydrogens is 136 g/mol. The molecular formula is C10H16O. The molecule has 0 aromatic heterocycles. The summed E-state index contributed by atoms with van der Waals surface area (Å²) >= 11 is 0. The van der Waals surface area contributed by atoms with Gasteiger partial charge in [0.2, 0.25) is 0 Å². The summed E-state index contributed by atoms with van der Waals surface area (Å²) < 4.78 is 0. The fourth-order valence-electron chi connectivity index (χ4n) is 0.918. The summed E-state index contributed by atoms with van der Waals surface area (Å²) in [7, 11) is 0. The Kier molecular flexibility index (Phi) is 4.51. The Morgan fingerprint density at radius 2 is 2.00 bits per heavy atom. The number of carbonyl (C=O) groups is 1. The smallest absolute Gasteiger partial charge is 0.120 e. The SMILES string of the molecule is C=C(C)C(C=C(C)C)CC=O. The minimum atomic E-state index is 0.234. The molecule has 0 aliphatic rings. The Bertz CT molecular complexity index is 173. The maximum Gasteiger partial charge on any atom is 0.120 e. The van der Waals surface area contributed by atoms with Crippen LogP contribution in [0.15, 0.2) is 23.8 Å². The Morgan fingerprint density at radius 1 is 1.45 bits per heavy atom. The Morgan fingerprint density at radius 3 is 2.27 bits per heavy atom. The zero-order valence-corrected chi connectivity index (χ0v) is 7.55. The second-order valence-corrected chi connectivity index (χ2v) is 3.10. The molecule has 0 aliphatic carbocycles. The lowest BCUT2D eigenvalue weighted by molar-refractivity contribution is -0.108. The average Bonchev–Trinajstić information content (AvgIpc) is 1.86. The second-order valence-electron chi connectivity index (χ2n) is 3.10. The third-order valence-corrected chi connectivity index (χ3v) is 1.52. The van der Waals surface area contributed by atoms with Crippen molar-refractivity contribution in [1.82, 2.24) is 0 Å². The van der Waals surface area contributed by atoms with Crippen LogP contribution in [-0.4, -0.2) is 6.29 Å². The first-order chi connectivity index (χ1) is 5.07. The van der Waals surface area contributed by atoms with Crippen LogP contribution in [0.5, 0.6) is 0 Å². The molecule has 0 bridgehead atoms. The van der Waals surface area contributed by atoms with Crippen molar-refractivity contribution in [1.29, 1.82) is 0 Å². The van der Waals surface area contributed by atoms with Crippen molar-refractivity contribution in [3.05, 3.63) is 23.8 Å². The number of aldehydes is 1. The van der Waals surface area contributed by atoms with E-state index in [-0.39, 0.29) is 5.92 Å². The van der Waals surface area contributed by atoms with Gasteiger partial charge in [0.05, 0.1) is 0 Å². The van der Waals surface area contributed by atoms with Crippen LogP contribution in [0.1, 0.15) is 27.2 Å². The molecule has 1 unspecified atom stereocenters. The van der Waals surface area contributed by atoms with Gasteiger partial charge in [-0.2, -0.15) is 0 Å². The van der Waals surface area contributed by atoms with E-state index in [4.69, 9.17) is 0 Å². The normalized spacial score (nSPS) is 11.9. The number of hydrogen-bond donors (Lipinski definition) is 0. The third-order valence-electron chi connectivity index (χ3n) is 1.52. The van der Waals surface area contributed by atoms with Crippen molar-refractivity contribution >= 4 is 6.29 Å². The van der Waals surface area contributed by atoms with Gasteiger partial charge < -0.3 is 4.79 Å². The summed E-state index contributed by atoms with van der Waals surface area (Å²) in [5.41, 5.74) is 2.29. The lowest BCUT2D eigenvalue weighted by atomic mass is 9.97. The Labute approximate surface area is 68.8 Å². The third kappa shape index (κ3) is 4.54. The quantitative estimate of drug-likeness (QED) is 0.447. The lowest BCUT2D eigenvalue weighted by Gasteiger charge is -2.08. The molecule has 0 fully saturated rings. The van der Waals surface area contributed by atoms with E-state index in [1.165, 1.54) is 5.57 Å². The first-order valence-electron chi connectivity index (χ1n) is 3.82. The molecule has 1 nitrogen and oxygen atoms in total. The first-order valence-corrected chi connectivity index (χ1v) is 3.82. The van der Waals surface area contributed by atoms with Gasteiger partial charge >= 0.3 is 0 Å². The van der Waals surface area contributed by atoms with Crippen molar-refractivity contribution in [2.75, 3.05) is 0 Å². The summed E-state index contributed by atoms with van der Waals surface area (Å²) in [6.45, 7) is 9.83. The number of rotatable bonds is 4. The van der Waals surface area contributed by atoms with Gasteiger partial charge in [0, 0.05) is 12.3 Å². The van der Waals surface area contributed by atoms with Crippen molar-refractivity contribution < 1.29 is 4.79 Å². The summed E-state index contributed by atoms with van der Waals surface area (Å²) in [4.78, 5) is 10.2. The van der Waals surface area contributed by atoms with E-state index in [9.17, 15) is 4.79 Å². The number of allylic oxidation sites excluding steroid dienone is 3. The highest BCUT2D eigenvalue weighted by Crippen LogP contribution is 2.14. The lowest BCUT2D eigenvalue weighted by Crippen LogP contribution is -1.98. The topological polar surface area (TPSA) is 17.1 Å². The van der Waals surface area contributed by atoms with E-state index in [1.807, 2.05) is 20.8 Å². The van der Waals surface area contributed by atoms with E-state index in [0.29, 0.717) is 6.42 Å². The molecule has 0 N–H and O–H groups in total. The molecule has 0 radical (unpaired) electrons. The minimum absolute atomic E-state index is 0.234. The van der Waals surface area contributed by atoms with Crippen LogP contribution in [0.3, 0.4) is 0 Å². The van der Waals surface area contributed by atoms with Crippen LogP contribution in [0.4, 0.5) is 0 Å². The van der Waals surface area contributed by atoms with E-state index >= 15 is 0 Å². The molecule has 62 valence electrons. The van der Waals surface area contributed by atoms with Crippen LogP contribution in [0.25, 0.3) is 0 Å². The van der Waals surface area contributed by atoms with Crippen LogP contribution >= 0.6 is 0 Å². The largest absolute Gasteiger partial charge is 0.303 e. The van der Waals surface area contributed by atoms with E-state index in [1.54, 1.807) is 0 Å². The van der Waals surface area contributed by atoms with Gasteiger partial charge in [0.1, 0.15) is 6.29 Å². The molecule has 0 aliphatic heterocycles. The monoisotopic (exact) mass is 152 g/mol. The predicted octanol–water partition coefficient (Wildman–Crippen LogP) is 2.73. The fourth-order valence-corrected chi connectivity index (χ4v) is 0.918. The summed E-state index contributed by atoms with van der Waals surface area (Å²) in [5.74, 6) is 0.234. The van der Waals surface area contributed by atoms with Gasteiger partial charge in [0.15, 0.2) is 0 Å². The standard InChI is InChI=1S/C10H16O/c1-8(2)7-10(5-6-11)9(3)4/h6-7,10H,3,5H2,1-2,4H3. The van der Waals surface area contributed by atoms with Gasteiger partial charge in [-0.3, -0.25) is 0 Å². The predicted molar refractivity (Wildman–Crippen MR) is 48.4 cm³/mol. The molecule has 0 aromatic rings. The first kappa shape index (κ1) is 10.2. The molecule has 0 aromatic carbocycles.